The highest BCUT2D eigenvalue weighted by Crippen LogP contribution is 2.05. The van der Waals surface area contributed by atoms with Crippen LogP contribution < -0.4 is 10.9 Å². The lowest BCUT2D eigenvalue weighted by molar-refractivity contribution is -0.123. The molecule has 7 heteroatoms. The summed E-state index contributed by atoms with van der Waals surface area (Å²) in [5, 5.41) is 16.1. The van der Waals surface area contributed by atoms with Crippen LogP contribution in [-0.4, -0.2) is 39.7 Å². The largest absolute Gasteiger partial charge is 0.350 e. The molecule has 0 unspecified atom stereocenters. The van der Waals surface area contributed by atoms with Crippen molar-refractivity contribution in [3.8, 4) is 6.07 Å². The standard InChI is InChI=1S/C15H23N5O2/c1-10-11(2)18-20(14(22)12(10)7-16)9-19(6)8-13(21)17-15(3,4)5/h8-9H2,1-6H3,(H,17,21). The number of aromatic nitrogens is 2. The Morgan fingerprint density at radius 2 is 2.00 bits per heavy atom. The van der Waals surface area contributed by atoms with E-state index in [9.17, 15) is 9.59 Å². The molecule has 0 aliphatic rings. The highest BCUT2D eigenvalue weighted by molar-refractivity contribution is 5.78. The maximum atomic E-state index is 12.2. The zero-order valence-electron chi connectivity index (χ0n) is 14.0. The van der Waals surface area contributed by atoms with E-state index in [-0.39, 0.29) is 30.2 Å². The minimum atomic E-state index is -0.436. The van der Waals surface area contributed by atoms with Gasteiger partial charge in [-0.05, 0) is 47.2 Å². The van der Waals surface area contributed by atoms with Crippen LogP contribution in [0.4, 0.5) is 0 Å². The summed E-state index contributed by atoms with van der Waals surface area (Å²) in [4.78, 5) is 25.7. The summed E-state index contributed by atoms with van der Waals surface area (Å²) in [6.07, 6.45) is 0. The third-order valence-corrected chi connectivity index (χ3v) is 3.05. The molecule has 0 bridgehead atoms. The van der Waals surface area contributed by atoms with Crippen molar-refractivity contribution in [1.29, 1.82) is 5.26 Å². The van der Waals surface area contributed by atoms with Gasteiger partial charge < -0.3 is 5.32 Å². The molecule has 0 fully saturated rings. The molecule has 0 saturated carbocycles. The van der Waals surface area contributed by atoms with E-state index in [0.29, 0.717) is 11.3 Å². The molecule has 0 aliphatic heterocycles. The summed E-state index contributed by atoms with van der Waals surface area (Å²) >= 11 is 0. The Morgan fingerprint density at radius 3 is 2.50 bits per heavy atom. The number of nitriles is 1. The predicted octanol–water partition coefficient (Wildman–Crippen LogP) is 0.536. The first-order valence-corrected chi connectivity index (χ1v) is 7.03. The summed E-state index contributed by atoms with van der Waals surface area (Å²) in [7, 11) is 1.72. The molecule has 1 rings (SSSR count). The van der Waals surface area contributed by atoms with Gasteiger partial charge in [-0.1, -0.05) is 0 Å². The lowest BCUT2D eigenvalue weighted by Gasteiger charge is -2.23. The number of carbonyl (C=O) groups is 1. The van der Waals surface area contributed by atoms with Crippen LogP contribution >= 0.6 is 0 Å². The van der Waals surface area contributed by atoms with Crippen molar-refractivity contribution >= 4 is 5.91 Å². The second kappa shape index (κ2) is 6.71. The Bertz CT molecular complexity index is 664. The molecule has 0 aliphatic carbocycles. The van der Waals surface area contributed by atoms with Gasteiger partial charge in [0.25, 0.3) is 5.56 Å². The van der Waals surface area contributed by atoms with Crippen LogP contribution in [0.2, 0.25) is 0 Å². The summed E-state index contributed by atoms with van der Waals surface area (Å²) in [5.41, 5.74) is 0.579. The molecule has 7 nitrogen and oxygen atoms in total. The normalized spacial score (nSPS) is 11.4. The van der Waals surface area contributed by atoms with Crippen molar-refractivity contribution < 1.29 is 4.79 Å². The van der Waals surface area contributed by atoms with Crippen molar-refractivity contribution in [2.45, 2.75) is 46.8 Å². The van der Waals surface area contributed by atoms with Crippen LogP contribution in [0.15, 0.2) is 4.79 Å². The Balaban J connectivity index is 2.88. The molecule has 0 saturated heterocycles. The van der Waals surface area contributed by atoms with Crippen molar-refractivity contribution in [3.05, 3.63) is 27.2 Å². The summed E-state index contributed by atoms with van der Waals surface area (Å²) < 4.78 is 1.21. The first kappa shape index (κ1) is 17.9. The van der Waals surface area contributed by atoms with E-state index in [1.165, 1.54) is 4.68 Å². The smallest absolute Gasteiger partial charge is 0.286 e. The van der Waals surface area contributed by atoms with Crippen molar-refractivity contribution in [3.63, 3.8) is 0 Å². The number of hydrogen-bond donors (Lipinski definition) is 1. The predicted molar refractivity (Wildman–Crippen MR) is 83.2 cm³/mol. The molecule has 0 atom stereocenters. The topological polar surface area (TPSA) is 91.0 Å². The number of likely N-dealkylation sites (N-methyl/N-ethyl adjacent to an activating group) is 1. The van der Waals surface area contributed by atoms with Gasteiger partial charge in [-0.25, -0.2) is 4.68 Å². The molecule has 0 aromatic carbocycles. The maximum absolute atomic E-state index is 12.2. The Morgan fingerprint density at radius 1 is 1.41 bits per heavy atom. The Hall–Kier alpha value is -2.20. The molecular weight excluding hydrogens is 282 g/mol. The van der Waals surface area contributed by atoms with Crippen LogP contribution in [0, 0.1) is 25.2 Å². The molecule has 1 aromatic heterocycles. The van der Waals surface area contributed by atoms with Gasteiger partial charge in [0, 0.05) is 5.54 Å². The number of nitrogens with one attached hydrogen (secondary N) is 1. The summed E-state index contributed by atoms with van der Waals surface area (Å²) in [6, 6.07) is 1.92. The van der Waals surface area contributed by atoms with Gasteiger partial charge in [0.1, 0.15) is 11.6 Å². The van der Waals surface area contributed by atoms with Gasteiger partial charge >= 0.3 is 0 Å². The number of nitrogens with zero attached hydrogens (tertiary/aromatic N) is 4. The average molecular weight is 305 g/mol. The molecular formula is C15H23N5O2. The quantitative estimate of drug-likeness (QED) is 0.876. The maximum Gasteiger partial charge on any atom is 0.286 e. The van der Waals surface area contributed by atoms with Gasteiger partial charge in [0.15, 0.2) is 0 Å². The first-order chi connectivity index (χ1) is 10.0. The number of carbonyl (C=O) groups excluding carboxylic acids is 1. The van der Waals surface area contributed by atoms with E-state index in [1.54, 1.807) is 25.8 Å². The van der Waals surface area contributed by atoms with Crippen LogP contribution in [0.25, 0.3) is 0 Å². The zero-order valence-corrected chi connectivity index (χ0v) is 14.0. The lowest BCUT2D eigenvalue weighted by atomic mass is 10.1. The minimum absolute atomic E-state index is 0.0973. The molecule has 0 radical (unpaired) electrons. The van der Waals surface area contributed by atoms with E-state index in [1.807, 2.05) is 26.8 Å². The number of hydrogen-bond acceptors (Lipinski definition) is 5. The molecule has 22 heavy (non-hydrogen) atoms. The van der Waals surface area contributed by atoms with E-state index >= 15 is 0 Å². The van der Waals surface area contributed by atoms with Crippen LogP contribution in [0.3, 0.4) is 0 Å². The van der Waals surface area contributed by atoms with Gasteiger partial charge in [-0.15, -0.1) is 0 Å². The van der Waals surface area contributed by atoms with Gasteiger partial charge in [-0.2, -0.15) is 10.4 Å². The molecule has 1 heterocycles. The van der Waals surface area contributed by atoms with Crippen LogP contribution in [0.1, 0.15) is 37.6 Å². The van der Waals surface area contributed by atoms with Crippen molar-refractivity contribution in [1.82, 2.24) is 20.0 Å². The highest BCUT2D eigenvalue weighted by Gasteiger charge is 2.17. The van der Waals surface area contributed by atoms with E-state index < -0.39 is 5.56 Å². The van der Waals surface area contributed by atoms with E-state index in [0.717, 1.165) is 0 Å². The molecule has 0 spiro atoms. The van der Waals surface area contributed by atoms with E-state index in [2.05, 4.69) is 10.4 Å². The fourth-order valence-electron chi connectivity index (χ4n) is 1.98. The molecule has 1 amide bonds. The van der Waals surface area contributed by atoms with Gasteiger partial charge in [0.05, 0.1) is 18.9 Å². The van der Waals surface area contributed by atoms with Crippen molar-refractivity contribution in [2.75, 3.05) is 13.6 Å². The van der Waals surface area contributed by atoms with Crippen LogP contribution in [0.5, 0.6) is 0 Å². The Kier molecular flexibility index (Phi) is 5.44. The molecule has 1 aromatic rings. The second-order valence-corrected chi connectivity index (χ2v) is 6.46. The lowest BCUT2D eigenvalue weighted by Crippen LogP contribution is -2.46. The minimum Gasteiger partial charge on any atom is -0.350 e. The van der Waals surface area contributed by atoms with Gasteiger partial charge in [0.2, 0.25) is 5.91 Å². The number of rotatable bonds is 4. The van der Waals surface area contributed by atoms with Crippen molar-refractivity contribution in [2.24, 2.45) is 0 Å². The second-order valence-electron chi connectivity index (χ2n) is 6.46. The third-order valence-electron chi connectivity index (χ3n) is 3.05. The molecule has 120 valence electrons. The Labute approximate surface area is 130 Å². The monoisotopic (exact) mass is 305 g/mol. The number of amides is 1. The molecule has 1 N–H and O–H groups in total. The summed E-state index contributed by atoms with van der Waals surface area (Å²) in [5.74, 6) is -0.132. The fourth-order valence-corrected chi connectivity index (χ4v) is 1.98. The van der Waals surface area contributed by atoms with Crippen LogP contribution in [-0.2, 0) is 11.5 Å². The third kappa shape index (κ3) is 4.67. The first-order valence-electron chi connectivity index (χ1n) is 7.03. The SMILES string of the molecule is Cc1nn(CN(C)CC(=O)NC(C)(C)C)c(=O)c(C#N)c1C. The van der Waals surface area contributed by atoms with E-state index in [4.69, 9.17) is 5.26 Å². The fraction of sp³-hybridized carbons (Fsp3) is 0.600. The summed E-state index contributed by atoms with van der Waals surface area (Å²) in [6.45, 7) is 9.44. The number of aryl methyl sites for hydroxylation is 1. The zero-order chi connectivity index (χ0) is 17.1. The average Bonchev–Trinajstić information content (AvgIpc) is 2.34. The highest BCUT2D eigenvalue weighted by atomic mass is 16.2. The van der Waals surface area contributed by atoms with Gasteiger partial charge in [-0.3, -0.25) is 14.5 Å².